The van der Waals surface area contributed by atoms with Crippen molar-refractivity contribution in [1.82, 2.24) is 4.31 Å². The van der Waals surface area contributed by atoms with E-state index >= 15 is 0 Å². The van der Waals surface area contributed by atoms with Crippen molar-refractivity contribution < 1.29 is 27.5 Å². The lowest BCUT2D eigenvalue weighted by Crippen LogP contribution is -2.46. The third kappa shape index (κ3) is 5.06. The molecule has 1 fully saturated rings. The molecule has 4 aromatic carbocycles. The van der Waals surface area contributed by atoms with E-state index in [2.05, 4.69) is 0 Å². The average Bonchev–Trinajstić information content (AvgIpc) is 3.21. The van der Waals surface area contributed by atoms with E-state index in [1.165, 1.54) is 37.3 Å². The summed E-state index contributed by atoms with van der Waals surface area (Å²) in [6, 6.07) is 25.2. The van der Waals surface area contributed by atoms with Crippen LogP contribution in [0, 0.1) is 0 Å². The highest BCUT2D eigenvalue weighted by Crippen LogP contribution is 2.36. The second-order valence-corrected chi connectivity index (χ2v) is 11.1. The molecule has 0 saturated carbocycles. The first-order valence-corrected chi connectivity index (χ1v) is 13.8. The number of carbonyl (C=O) groups excluding carboxylic acids is 3. The molecule has 1 aliphatic rings. The fraction of sp³-hybridized carbons (Fsp3) is 0.167. The van der Waals surface area contributed by atoms with Gasteiger partial charge in [0.1, 0.15) is 11.8 Å². The summed E-state index contributed by atoms with van der Waals surface area (Å²) in [5.41, 5.74) is 0.949. The van der Waals surface area contributed by atoms with Gasteiger partial charge in [0.2, 0.25) is 15.9 Å². The number of hydrogen-bond acceptors (Lipinski definition) is 6. The number of esters is 1. The Labute approximate surface area is 226 Å². The van der Waals surface area contributed by atoms with Gasteiger partial charge in [-0.1, -0.05) is 60.7 Å². The number of imide groups is 1. The SMILES string of the molecule is CC(=O)Oc1ccc(N2C(=O)CC(N(C(C)c3ccccc3)S(=O)(=O)c3ccc4ccccc4c3)C2=O)cc1. The summed E-state index contributed by atoms with van der Waals surface area (Å²) < 4.78 is 34.6. The van der Waals surface area contributed by atoms with Gasteiger partial charge in [-0.15, -0.1) is 0 Å². The van der Waals surface area contributed by atoms with E-state index in [0.29, 0.717) is 5.56 Å². The third-order valence-electron chi connectivity index (χ3n) is 6.75. The lowest BCUT2D eigenvalue weighted by molar-refractivity contribution is -0.132. The summed E-state index contributed by atoms with van der Waals surface area (Å²) in [6.45, 7) is 2.98. The largest absolute Gasteiger partial charge is 0.427 e. The number of nitrogens with zero attached hydrogens (tertiary/aromatic N) is 2. The molecule has 2 amide bonds. The minimum Gasteiger partial charge on any atom is -0.427 e. The molecule has 0 aromatic heterocycles. The van der Waals surface area contributed by atoms with Crippen molar-refractivity contribution in [2.24, 2.45) is 0 Å². The van der Waals surface area contributed by atoms with Crippen molar-refractivity contribution in [3.63, 3.8) is 0 Å². The van der Waals surface area contributed by atoms with E-state index in [9.17, 15) is 22.8 Å². The number of sulfonamides is 1. The molecule has 2 unspecified atom stereocenters. The Balaban J connectivity index is 1.56. The van der Waals surface area contributed by atoms with Gasteiger partial charge in [-0.2, -0.15) is 4.31 Å². The lowest BCUT2D eigenvalue weighted by atomic mass is 10.1. The Morgan fingerprint density at radius 1 is 0.897 bits per heavy atom. The smallest absolute Gasteiger partial charge is 0.308 e. The predicted octanol–water partition coefficient (Wildman–Crippen LogP) is 4.85. The van der Waals surface area contributed by atoms with Crippen molar-refractivity contribution in [2.45, 2.75) is 37.2 Å². The van der Waals surface area contributed by atoms with Crippen LogP contribution in [-0.2, 0) is 24.4 Å². The highest BCUT2D eigenvalue weighted by molar-refractivity contribution is 7.89. The monoisotopic (exact) mass is 542 g/mol. The van der Waals surface area contributed by atoms with Gasteiger partial charge in [-0.25, -0.2) is 13.3 Å². The minimum atomic E-state index is -4.23. The highest BCUT2D eigenvalue weighted by atomic mass is 32.2. The summed E-state index contributed by atoms with van der Waals surface area (Å²) in [5.74, 6) is -1.41. The van der Waals surface area contributed by atoms with Gasteiger partial charge < -0.3 is 4.74 Å². The van der Waals surface area contributed by atoms with Crippen LogP contribution in [0.4, 0.5) is 5.69 Å². The molecule has 1 saturated heterocycles. The standard InChI is InChI=1S/C30H26N2O6S/c1-20(22-8-4-3-5-9-22)32(39(36,37)27-17-12-23-10-6-7-11-24(23)18-27)28-19-29(34)31(30(28)35)25-13-15-26(16-14-25)38-21(2)33/h3-18,20,28H,19H2,1-2H3. The van der Waals surface area contributed by atoms with E-state index in [1.54, 1.807) is 43.3 Å². The van der Waals surface area contributed by atoms with Crippen LogP contribution in [-0.4, -0.2) is 36.5 Å². The van der Waals surface area contributed by atoms with Crippen molar-refractivity contribution in [3.8, 4) is 5.75 Å². The Kier molecular flexibility index (Phi) is 7.03. The summed E-state index contributed by atoms with van der Waals surface area (Å²) in [7, 11) is -4.23. The van der Waals surface area contributed by atoms with Crippen LogP contribution in [0.25, 0.3) is 10.8 Å². The Morgan fingerprint density at radius 3 is 2.21 bits per heavy atom. The fourth-order valence-electron chi connectivity index (χ4n) is 4.89. The first kappa shape index (κ1) is 26.3. The van der Waals surface area contributed by atoms with Crippen molar-refractivity contribution in [3.05, 3.63) is 103 Å². The summed E-state index contributed by atoms with van der Waals surface area (Å²) >= 11 is 0. The maximum absolute atomic E-state index is 14.2. The Hall–Kier alpha value is -4.34. The van der Waals surface area contributed by atoms with Crippen molar-refractivity contribution in [1.29, 1.82) is 0 Å². The van der Waals surface area contributed by atoms with Crippen LogP contribution in [0.3, 0.4) is 0 Å². The summed E-state index contributed by atoms with van der Waals surface area (Å²) in [4.78, 5) is 39.2. The topological polar surface area (TPSA) is 101 Å². The number of benzene rings is 4. The molecule has 5 rings (SSSR count). The number of hydrogen-bond donors (Lipinski definition) is 0. The molecular weight excluding hydrogens is 516 g/mol. The normalized spacial score (nSPS) is 16.6. The maximum Gasteiger partial charge on any atom is 0.308 e. The Bertz CT molecular complexity index is 1670. The molecule has 9 heteroatoms. The number of carbonyl (C=O) groups is 3. The number of rotatable bonds is 7. The molecule has 1 aliphatic heterocycles. The molecule has 0 aliphatic carbocycles. The zero-order valence-electron chi connectivity index (χ0n) is 21.4. The van der Waals surface area contributed by atoms with E-state index in [-0.39, 0.29) is 22.8 Å². The molecule has 0 spiro atoms. The van der Waals surface area contributed by atoms with Gasteiger partial charge in [0.05, 0.1) is 17.0 Å². The van der Waals surface area contributed by atoms with Gasteiger partial charge in [-0.05, 0) is 59.7 Å². The molecular formula is C30H26N2O6S. The number of amides is 2. The molecule has 39 heavy (non-hydrogen) atoms. The van der Waals surface area contributed by atoms with Crippen LogP contribution in [0.15, 0.2) is 102 Å². The average molecular weight is 543 g/mol. The van der Waals surface area contributed by atoms with Gasteiger partial charge >= 0.3 is 5.97 Å². The number of fused-ring (bicyclic) bond motifs is 1. The van der Waals surface area contributed by atoms with Crippen molar-refractivity contribution >= 4 is 44.3 Å². The van der Waals surface area contributed by atoms with Crippen LogP contribution in [0.1, 0.15) is 31.9 Å². The molecule has 0 bridgehead atoms. The lowest BCUT2D eigenvalue weighted by Gasteiger charge is -2.32. The van der Waals surface area contributed by atoms with E-state index < -0.39 is 39.9 Å². The first-order chi connectivity index (χ1) is 18.7. The molecule has 1 heterocycles. The highest BCUT2D eigenvalue weighted by Gasteiger charge is 2.49. The first-order valence-electron chi connectivity index (χ1n) is 12.4. The predicted molar refractivity (Wildman–Crippen MR) is 146 cm³/mol. The van der Waals surface area contributed by atoms with Gasteiger partial charge in [0.15, 0.2) is 0 Å². The molecule has 0 radical (unpaired) electrons. The molecule has 198 valence electrons. The zero-order valence-corrected chi connectivity index (χ0v) is 22.2. The molecule has 2 atom stereocenters. The van der Waals surface area contributed by atoms with E-state index in [4.69, 9.17) is 4.74 Å². The quantitative estimate of drug-likeness (QED) is 0.188. The second kappa shape index (κ2) is 10.4. The third-order valence-corrected chi connectivity index (χ3v) is 8.72. The number of anilines is 1. The van der Waals surface area contributed by atoms with E-state index in [1.807, 2.05) is 30.3 Å². The number of ether oxygens (including phenoxy) is 1. The van der Waals surface area contributed by atoms with Gasteiger partial charge in [0.25, 0.3) is 5.91 Å². The fourth-order valence-corrected chi connectivity index (χ4v) is 6.69. The molecule has 4 aromatic rings. The second-order valence-electron chi connectivity index (χ2n) is 9.31. The molecule has 8 nitrogen and oxygen atoms in total. The minimum absolute atomic E-state index is 0.0356. The van der Waals surface area contributed by atoms with E-state index in [0.717, 1.165) is 20.0 Å². The molecule has 0 N–H and O–H groups in total. The Morgan fingerprint density at radius 2 is 1.54 bits per heavy atom. The maximum atomic E-state index is 14.2. The van der Waals surface area contributed by atoms with Crippen LogP contribution in [0.2, 0.25) is 0 Å². The summed E-state index contributed by atoms with van der Waals surface area (Å²) in [6.07, 6.45) is -0.311. The van der Waals surface area contributed by atoms with Gasteiger partial charge in [-0.3, -0.25) is 14.4 Å². The summed E-state index contributed by atoms with van der Waals surface area (Å²) in [5, 5.41) is 1.63. The van der Waals surface area contributed by atoms with Gasteiger partial charge in [0, 0.05) is 13.0 Å². The van der Waals surface area contributed by atoms with Crippen LogP contribution >= 0.6 is 0 Å². The van der Waals surface area contributed by atoms with Crippen LogP contribution < -0.4 is 9.64 Å². The van der Waals surface area contributed by atoms with Crippen molar-refractivity contribution in [2.75, 3.05) is 4.90 Å². The van der Waals surface area contributed by atoms with Crippen LogP contribution in [0.5, 0.6) is 5.75 Å². The zero-order chi connectivity index (χ0) is 27.7.